The van der Waals surface area contributed by atoms with Gasteiger partial charge in [0.15, 0.2) is 11.6 Å². The fraction of sp³-hybridized carbons (Fsp3) is 0.100. The molecule has 0 aliphatic heterocycles. The second-order valence-corrected chi connectivity index (χ2v) is 3.20. The molecule has 0 amide bonds. The molecule has 0 saturated heterocycles. The first kappa shape index (κ1) is 9.64. The van der Waals surface area contributed by atoms with E-state index in [0.29, 0.717) is 16.9 Å². The van der Waals surface area contributed by atoms with Crippen LogP contribution < -0.4 is 5.73 Å². The molecular weight excluding hydrogens is 200 g/mol. The summed E-state index contributed by atoms with van der Waals surface area (Å²) < 4.78 is 27.2. The molecule has 1 aromatic heterocycles. The van der Waals surface area contributed by atoms with E-state index in [9.17, 15) is 8.78 Å². The minimum absolute atomic E-state index is 0.434. The van der Waals surface area contributed by atoms with Crippen LogP contribution >= 0.6 is 0 Å². The van der Waals surface area contributed by atoms with Crippen LogP contribution in [0.1, 0.15) is 0 Å². The molecule has 2 rings (SSSR count). The van der Waals surface area contributed by atoms with Gasteiger partial charge in [0.05, 0.1) is 17.6 Å². The molecule has 78 valence electrons. The SMILES string of the molecule is Cn1ncc(N)c1-c1ccc(F)c(F)c1. The van der Waals surface area contributed by atoms with Crippen molar-refractivity contribution in [3.63, 3.8) is 0 Å². The van der Waals surface area contributed by atoms with Gasteiger partial charge in [-0.3, -0.25) is 4.68 Å². The summed E-state index contributed by atoms with van der Waals surface area (Å²) in [6.07, 6.45) is 1.47. The van der Waals surface area contributed by atoms with Gasteiger partial charge in [-0.2, -0.15) is 5.10 Å². The maximum atomic E-state index is 13.0. The molecule has 5 heteroatoms. The number of nitrogens with zero attached hydrogens (tertiary/aromatic N) is 2. The van der Waals surface area contributed by atoms with E-state index < -0.39 is 11.6 Å². The number of nitrogen functional groups attached to an aromatic ring is 1. The smallest absolute Gasteiger partial charge is 0.159 e. The zero-order chi connectivity index (χ0) is 11.0. The number of nitrogens with two attached hydrogens (primary N) is 1. The summed E-state index contributed by atoms with van der Waals surface area (Å²) in [5.74, 6) is -1.77. The number of hydrogen-bond acceptors (Lipinski definition) is 2. The van der Waals surface area contributed by atoms with Crippen molar-refractivity contribution in [1.29, 1.82) is 0 Å². The third-order valence-electron chi connectivity index (χ3n) is 2.16. The van der Waals surface area contributed by atoms with Gasteiger partial charge in [-0.05, 0) is 18.2 Å². The molecule has 1 heterocycles. The molecule has 0 atom stereocenters. The Balaban J connectivity index is 2.59. The van der Waals surface area contributed by atoms with Crippen LogP contribution in [0, 0.1) is 11.6 Å². The van der Waals surface area contributed by atoms with Crippen molar-refractivity contribution < 1.29 is 8.78 Å². The van der Waals surface area contributed by atoms with Crippen LogP contribution in [0.5, 0.6) is 0 Å². The third kappa shape index (κ3) is 1.56. The Kier molecular flexibility index (Phi) is 2.15. The fourth-order valence-electron chi connectivity index (χ4n) is 1.45. The monoisotopic (exact) mass is 209 g/mol. The Labute approximate surface area is 85.1 Å². The standard InChI is InChI=1S/C10H9F2N3/c1-15-10(9(13)5-14-15)6-2-3-7(11)8(12)4-6/h2-5H,13H2,1H3. The Morgan fingerprint density at radius 1 is 1.27 bits per heavy atom. The summed E-state index contributed by atoms with van der Waals surface area (Å²) in [6.45, 7) is 0. The van der Waals surface area contributed by atoms with Crippen molar-refractivity contribution in [1.82, 2.24) is 9.78 Å². The number of hydrogen-bond donors (Lipinski definition) is 1. The van der Waals surface area contributed by atoms with Gasteiger partial charge < -0.3 is 5.73 Å². The van der Waals surface area contributed by atoms with Gasteiger partial charge in [0, 0.05) is 12.6 Å². The van der Waals surface area contributed by atoms with Gasteiger partial charge in [0.25, 0.3) is 0 Å². The summed E-state index contributed by atoms with van der Waals surface area (Å²) in [5.41, 5.74) is 7.18. The minimum Gasteiger partial charge on any atom is -0.396 e. The van der Waals surface area contributed by atoms with E-state index >= 15 is 0 Å². The molecule has 3 nitrogen and oxygen atoms in total. The number of rotatable bonds is 1. The molecule has 15 heavy (non-hydrogen) atoms. The van der Waals surface area contributed by atoms with E-state index in [2.05, 4.69) is 5.10 Å². The van der Waals surface area contributed by atoms with Crippen molar-refractivity contribution in [3.8, 4) is 11.3 Å². The maximum Gasteiger partial charge on any atom is 0.159 e. The summed E-state index contributed by atoms with van der Waals surface area (Å²) >= 11 is 0. The predicted molar refractivity (Wildman–Crippen MR) is 53.0 cm³/mol. The van der Waals surface area contributed by atoms with Gasteiger partial charge >= 0.3 is 0 Å². The molecular formula is C10H9F2N3. The number of anilines is 1. The largest absolute Gasteiger partial charge is 0.396 e. The highest BCUT2D eigenvalue weighted by Crippen LogP contribution is 2.25. The number of aromatic nitrogens is 2. The average molecular weight is 209 g/mol. The number of aryl methyl sites for hydroxylation is 1. The Morgan fingerprint density at radius 3 is 2.53 bits per heavy atom. The summed E-state index contributed by atoms with van der Waals surface area (Å²) in [5, 5.41) is 3.92. The van der Waals surface area contributed by atoms with E-state index in [1.807, 2.05) is 0 Å². The zero-order valence-electron chi connectivity index (χ0n) is 8.04. The van der Waals surface area contributed by atoms with Crippen molar-refractivity contribution in [2.75, 3.05) is 5.73 Å². The van der Waals surface area contributed by atoms with Crippen LogP contribution in [0.25, 0.3) is 11.3 Å². The van der Waals surface area contributed by atoms with E-state index in [-0.39, 0.29) is 0 Å². The lowest BCUT2D eigenvalue weighted by Gasteiger charge is -2.04. The highest BCUT2D eigenvalue weighted by atomic mass is 19.2. The first-order chi connectivity index (χ1) is 7.09. The zero-order valence-corrected chi connectivity index (χ0v) is 8.04. The van der Waals surface area contributed by atoms with Gasteiger partial charge in [-0.1, -0.05) is 0 Å². The molecule has 0 saturated carbocycles. The van der Waals surface area contributed by atoms with Crippen LogP contribution in [-0.4, -0.2) is 9.78 Å². The van der Waals surface area contributed by atoms with Crippen LogP contribution in [0.15, 0.2) is 24.4 Å². The molecule has 0 radical (unpaired) electrons. The van der Waals surface area contributed by atoms with Gasteiger partial charge in [-0.25, -0.2) is 8.78 Å². The van der Waals surface area contributed by atoms with Crippen LogP contribution in [0.2, 0.25) is 0 Å². The lowest BCUT2D eigenvalue weighted by atomic mass is 10.1. The molecule has 2 aromatic rings. The van der Waals surface area contributed by atoms with Crippen molar-refractivity contribution in [2.24, 2.45) is 7.05 Å². The molecule has 2 N–H and O–H groups in total. The maximum absolute atomic E-state index is 13.0. The highest BCUT2D eigenvalue weighted by Gasteiger charge is 2.10. The van der Waals surface area contributed by atoms with Gasteiger partial charge in [0.1, 0.15) is 0 Å². The Morgan fingerprint density at radius 2 is 2.00 bits per heavy atom. The van der Waals surface area contributed by atoms with Crippen molar-refractivity contribution in [3.05, 3.63) is 36.0 Å². The lowest BCUT2D eigenvalue weighted by molar-refractivity contribution is 0.509. The van der Waals surface area contributed by atoms with Crippen molar-refractivity contribution in [2.45, 2.75) is 0 Å². The van der Waals surface area contributed by atoms with E-state index in [1.54, 1.807) is 7.05 Å². The topological polar surface area (TPSA) is 43.8 Å². The van der Waals surface area contributed by atoms with Crippen LogP contribution in [-0.2, 0) is 7.05 Å². The van der Waals surface area contributed by atoms with E-state index in [0.717, 1.165) is 12.1 Å². The molecule has 0 spiro atoms. The van der Waals surface area contributed by atoms with E-state index in [4.69, 9.17) is 5.73 Å². The first-order valence-electron chi connectivity index (χ1n) is 4.32. The van der Waals surface area contributed by atoms with Gasteiger partial charge in [0.2, 0.25) is 0 Å². The minimum atomic E-state index is -0.895. The van der Waals surface area contributed by atoms with Gasteiger partial charge in [-0.15, -0.1) is 0 Å². The normalized spacial score (nSPS) is 10.6. The lowest BCUT2D eigenvalue weighted by Crippen LogP contribution is -1.96. The van der Waals surface area contributed by atoms with Crippen LogP contribution in [0.3, 0.4) is 0 Å². The molecule has 0 aliphatic rings. The fourth-order valence-corrected chi connectivity index (χ4v) is 1.45. The quantitative estimate of drug-likeness (QED) is 0.780. The summed E-state index contributed by atoms with van der Waals surface area (Å²) in [4.78, 5) is 0. The number of halogens is 2. The summed E-state index contributed by atoms with van der Waals surface area (Å²) in [6, 6.07) is 3.63. The molecule has 0 fully saturated rings. The predicted octanol–water partition coefficient (Wildman–Crippen LogP) is 1.95. The van der Waals surface area contributed by atoms with Crippen LogP contribution in [0.4, 0.5) is 14.5 Å². The molecule has 0 aliphatic carbocycles. The summed E-state index contributed by atoms with van der Waals surface area (Å²) in [7, 11) is 1.69. The number of benzene rings is 1. The third-order valence-corrected chi connectivity index (χ3v) is 2.16. The Hall–Kier alpha value is -1.91. The first-order valence-corrected chi connectivity index (χ1v) is 4.32. The Bertz CT molecular complexity index is 486. The van der Waals surface area contributed by atoms with E-state index in [1.165, 1.54) is 16.9 Å². The molecule has 0 unspecified atom stereocenters. The van der Waals surface area contributed by atoms with Crippen molar-refractivity contribution >= 4 is 5.69 Å². The molecule has 0 bridgehead atoms. The highest BCUT2D eigenvalue weighted by molar-refractivity contribution is 5.72. The molecule has 1 aromatic carbocycles. The second-order valence-electron chi connectivity index (χ2n) is 3.20. The second kappa shape index (κ2) is 3.34. The average Bonchev–Trinajstić information content (AvgIpc) is 2.52.